The van der Waals surface area contributed by atoms with E-state index in [-0.39, 0.29) is 0 Å². The number of fused-ring (bicyclic) bond motifs is 6. The Labute approximate surface area is 230 Å². The van der Waals surface area contributed by atoms with Gasteiger partial charge in [0.2, 0.25) is 0 Å². The molecule has 0 aromatic heterocycles. The summed E-state index contributed by atoms with van der Waals surface area (Å²) in [6.45, 7) is 4.56. The van der Waals surface area contributed by atoms with Crippen LogP contribution in [0.2, 0.25) is 0 Å². The molecule has 2 aliphatic carbocycles. The normalized spacial score (nSPS) is 13.8. The van der Waals surface area contributed by atoms with Gasteiger partial charge >= 0.3 is 0 Å². The lowest BCUT2D eigenvalue weighted by atomic mass is 9.92. The van der Waals surface area contributed by atoms with Crippen LogP contribution in [0.5, 0.6) is 0 Å². The van der Waals surface area contributed by atoms with Crippen LogP contribution in [0.1, 0.15) is 50.9 Å². The molecule has 0 unspecified atom stereocenters. The SMILES string of the molecule is Cc1cc2cc3cc4c(cc3cc2cc1CCCc1cc2cc3cc5c(cc3cc2cc1C)C=CC5)C=CC4. The first-order valence-corrected chi connectivity index (χ1v) is 14.4. The molecule has 0 atom stereocenters. The van der Waals surface area contributed by atoms with E-state index in [4.69, 9.17) is 0 Å². The fourth-order valence-corrected chi connectivity index (χ4v) is 6.95. The molecule has 6 aromatic carbocycles. The summed E-state index contributed by atoms with van der Waals surface area (Å²) >= 11 is 0. The molecular formula is C39H32. The summed E-state index contributed by atoms with van der Waals surface area (Å²) in [5.74, 6) is 0. The van der Waals surface area contributed by atoms with Gasteiger partial charge in [0.15, 0.2) is 0 Å². The minimum absolute atomic E-state index is 1.06. The van der Waals surface area contributed by atoms with Crippen LogP contribution < -0.4 is 0 Å². The average molecular weight is 501 g/mol. The summed E-state index contributed by atoms with van der Waals surface area (Å²) in [4.78, 5) is 0. The van der Waals surface area contributed by atoms with Crippen molar-refractivity contribution >= 4 is 55.2 Å². The summed E-state index contributed by atoms with van der Waals surface area (Å²) in [5.41, 5.74) is 11.5. The van der Waals surface area contributed by atoms with Crippen molar-refractivity contribution in [1.29, 1.82) is 0 Å². The number of benzene rings is 6. The lowest BCUT2D eigenvalue weighted by molar-refractivity contribution is 0.814. The maximum absolute atomic E-state index is 2.45. The van der Waals surface area contributed by atoms with Gasteiger partial charge in [0.25, 0.3) is 0 Å². The number of allylic oxidation sites excluding steroid dienone is 2. The van der Waals surface area contributed by atoms with Crippen molar-refractivity contribution in [3.8, 4) is 0 Å². The molecular weight excluding hydrogens is 468 g/mol. The van der Waals surface area contributed by atoms with Crippen LogP contribution in [0.4, 0.5) is 0 Å². The predicted octanol–water partition coefficient (Wildman–Crippen LogP) is 10.2. The summed E-state index contributed by atoms with van der Waals surface area (Å²) < 4.78 is 0. The van der Waals surface area contributed by atoms with Crippen molar-refractivity contribution in [1.82, 2.24) is 0 Å². The summed E-state index contributed by atoms with van der Waals surface area (Å²) in [6.07, 6.45) is 14.6. The molecule has 0 amide bonds. The van der Waals surface area contributed by atoms with Crippen LogP contribution in [0, 0.1) is 13.8 Å². The van der Waals surface area contributed by atoms with Crippen LogP contribution in [0.25, 0.3) is 55.2 Å². The van der Waals surface area contributed by atoms with Crippen molar-refractivity contribution in [2.24, 2.45) is 0 Å². The Kier molecular flexibility index (Phi) is 5.07. The van der Waals surface area contributed by atoms with Crippen LogP contribution in [-0.4, -0.2) is 0 Å². The first-order chi connectivity index (χ1) is 19.1. The van der Waals surface area contributed by atoms with E-state index in [1.54, 1.807) is 0 Å². The lowest BCUT2D eigenvalue weighted by Crippen LogP contribution is -1.96. The average Bonchev–Trinajstić information content (AvgIpc) is 3.57. The number of rotatable bonds is 4. The van der Waals surface area contributed by atoms with Gasteiger partial charge in [-0.3, -0.25) is 0 Å². The maximum Gasteiger partial charge on any atom is -0.00880 e. The quantitative estimate of drug-likeness (QED) is 0.211. The van der Waals surface area contributed by atoms with Gasteiger partial charge in [-0.05, 0) is 170 Å². The van der Waals surface area contributed by atoms with E-state index in [1.807, 2.05) is 0 Å². The molecule has 8 rings (SSSR count). The van der Waals surface area contributed by atoms with E-state index < -0.39 is 0 Å². The largest absolute Gasteiger partial charge is 0.0795 e. The Balaban J connectivity index is 1.07. The zero-order valence-corrected chi connectivity index (χ0v) is 22.8. The van der Waals surface area contributed by atoms with Crippen LogP contribution in [0.3, 0.4) is 0 Å². The van der Waals surface area contributed by atoms with Gasteiger partial charge in [0.05, 0.1) is 0 Å². The van der Waals surface area contributed by atoms with Crippen LogP contribution in [-0.2, 0) is 25.7 Å². The monoisotopic (exact) mass is 500 g/mol. The molecule has 39 heavy (non-hydrogen) atoms. The van der Waals surface area contributed by atoms with Crippen LogP contribution >= 0.6 is 0 Å². The number of hydrogen-bond donors (Lipinski definition) is 0. The zero-order chi connectivity index (χ0) is 26.1. The smallest absolute Gasteiger partial charge is 0.00880 e. The minimum Gasteiger partial charge on any atom is -0.0795 e. The van der Waals surface area contributed by atoms with Crippen molar-refractivity contribution in [2.45, 2.75) is 46.0 Å². The van der Waals surface area contributed by atoms with E-state index in [1.165, 1.54) is 87.6 Å². The predicted molar refractivity (Wildman–Crippen MR) is 170 cm³/mol. The second-order valence-electron chi connectivity index (χ2n) is 11.8. The molecule has 0 N–H and O–H groups in total. The van der Waals surface area contributed by atoms with Gasteiger partial charge in [-0.2, -0.15) is 0 Å². The third kappa shape index (κ3) is 3.90. The van der Waals surface area contributed by atoms with Crippen molar-refractivity contribution in [3.63, 3.8) is 0 Å². The minimum atomic E-state index is 1.06. The van der Waals surface area contributed by atoms with Gasteiger partial charge < -0.3 is 0 Å². The molecule has 0 saturated carbocycles. The van der Waals surface area contributed by atoms with Gasteiger partial charge in [-0.15, -0.1) is 0 Å². The molecule has 188 valence electrons. The maximum atomic E-state index is 2.45. The summed E-state index contributed by atoms with van der Waals surface area (Å²) in [7, 11) is 0. The zero-order valence-electron chi connectivity index (χ0n) is 22.8. The first kappa shape index (κ1) is 22.8. The molecule has 2 aliphatic rings. The second-order valence-corrected chi connectivity index (χ2v) is 11.8. The highest BCUT2D eigenvalue weighted by Crippen LogP contribution is 2.33. The highest BCUT2D eigenvalue weighted by atomic mass is 14.2. The standard InChI is InChI=1S/C39H32/c1-24-12-32-20-36-16-28-8-4-10-30(28)18-38(36)22-34(32)14-26(24)6-3-7-27-15-35-23-39-19-31-11-5-9-29(31)17-37(39)21-33(35)13-25(27)2/h4-5,8,11-23H,3,6-7,9-10H2,1-2H3. The fourth-order valence-electron chi connectivity index (χ4n) is 6.95. The van der Waals surface area contributed by atoms with E-state index in [0.717, 1.165) is 32.1 Å². The molecule has 0 fully saturated rings. The molecule has 6 aromatic rings. The molecule has 0 nitrogen and oxygen atoms in total. The second kappa shape index (κ2) is 8.68. The number of hydrogen-bond acceptors (Lipinski definition) is 0. The number of aryl methyl sites for hydroxylation is 4. The molecule has 0 saturated heterocycles. The van der Waals surface area contributed by atoms with Gasteiger partial charge in [0.1, 0.15) is 0 Å². The Morgan fingerprint density at radius 2 is 0.821 bits per heavy atom. The van der Waals surface area contributed by atoms with E-state index in [2.05, 4.69) is 111 Å². The third-order valence-electron chi connectivity index (χ3n) is 9.18. The van der Waals surface area contributed by atoms with Crippen molar-refractivity contribution < 1.29 is 0 Å². The Morgan fingerprint density at radius 1 is 0.436 bits per heavy atom. The van der Waals surface area contributed by atoms with Crippen molar-refractivity contribution in [3.05, 3.63) is 129 Å². The Morgan fingerprint density at radius 3 is 1.28 bits per heavy atom. The topological polar surface area (TPSA) is 0 Å². The van der Waals surface area contributed by atoms with Gasteiger partial charge in [-0.1, -0.05) is 60.7 Å². The molecule has 0 spiro atoms. The molecule has 0 radical (unpaired) electrons. The highest BCUT2D eigenvalue weighted by Gasteiger charge is 2.11. The van der Waals surface area contributed by atoms with E-state index in [9.17, 15) is 0 Å². The Hall–Kier alpha value is -4.16. The molecule has 0 bridgehead atoms. The van der Waals surface area contributed by atoms with Crippen LogP contribution in [0.15, 0.2) is 84.9 Å². The fraction of sp³-hybridized carbons (Fsp3) is 0.179. The molecule has 0 aliphatic heterocycles. The van der Waals surface area contributed by atoms with E-state index >= 15 is 0 Å². The summed E-state index contributed by atoms with van der Waals surface area (Å²) in [6, 6.07) is 28.7. The molecule has 0 heteroatoms. The van der Waals surface area contributed by atoms with Gasteiger partial charge in [-0.25, -0.2) is 0 Å². The summed E-state index contributed by atoms with van der Waals surface area (Å²) in [5, 5.41) is 10.9. The van der Waals surface area contributed by atoms with E-state index in [0.29, 0.717) is 0 Å². The lowest BCUT2D eigenvalue weighted by Gasteiger charge is -2.13. The molecule has 0 heterocycles. The third-order valence-corrected chi connectivity index (χ3v) is 9.18. The highest BCUT2D eigenvalue weighted by molar-refractivity contribution is 6.01. The Bertz CT molecular complexity index is 2050. The van der Waals surface area contributed by atoms with Crippen molar-refractivity contribution in [2.75, 3.05) is 0 Å². The van der Waals surface area contributed by atoms with Gasteiger partial charge in [0, 0.05) is 0 Å². The first-order valence-electron chi connectivity index (χ1n) is 14.4.